The molecule has 2 aromatic carbocycles. The Morgan fingerprint density at radius 2 is 1.95 bits per heavy atom. The minimum atomic E-state index is -3.72. The van der Waals surface area contributed by atoms with Crippen molar-refractivity contribution in [1.82, 2.24) is 14.2 Å². The van der Waals surface area contributed by atoms with Crippen molar-refractivity contribution in [2.75, 3.05) is 19.9 Å². The van der Waals surface area contributed by atoms with Gasteiger partial charge in [-0.3, -0.25) is 18.7 Å². The number of amides is 1. The van der Waals surface area contributed by atoms with Crippen molar-refractivity contribution >= 4 is 40.9 Å². The van der Waals surface area contributed by atoms with Gasteiger partial charge in [-0.05, 0) is 43.7 Å². The highest BCUT2D eigenvalue weighted by molar-refractivity contribution is 7.89. The Balaban J connectivity index is 1.45. The molecule has 14 heteroatoms. The molecule has 3 aromatic rings. The lowest BCUT2D eigenvalue weighted by Gasteiger charge is -2.25. The van der Waals surface area contributed by atoms with Crippen molar-refractivity contribution in [3.05, 3.63) is 60.3 Å². The highest BCUT2D eigenvalue weighted by Gasteiger charge is 2.35. The molecule has 3 atom stereocenters. The minimum Gasteiger partial charge on any atom is -0.467 e. The standard InChI is InChI=1S/C25H29FN3O8PS/c1-17(30)23-14-28(24-8-7-20(12-22(23)24)36-16-37-38(32)33)15-25(31)29-13-18(26)11-19(29)9-10-27-39(34,35)21-5-3-2-4-6-21/h2-8,12,14,18-19,27,38H,9-11,13,15-16H2,1H3,(H,32,33)/t18-,19-/m1/s1. The monoisotopic (exact) mass is 581 g/mol. The molecule has 2 heterocycles. The second kappa shape index (κ2) is 12.4. The van der Waals surface area contributed by atoms with Crippen LogP contribution in [0.4, 0.5) is 4.39 Å². The van der Waals surface area contributed by atoms with E-state index in [2.05, 4.69) is 9.25 Å². The van der Waals surface area contributed by atoms with Gasteiger partial charge in [0.15, 0.2) is 12.6 Å². The van der Waals surface area contributed by atoms with E-state index in [9.17, 15) is 27.0 Å². The van der Waals surface area contributed by atoms with Crippen molar-refractivity contribution in [2.45, 2.75) is 43.4 Å². The van der Waals surface area contributed by atoms with Gasteiger partial charge in [0, 0.05) is 41.7 Å². The number of rotatable bonds is 12. The first-order valence-corrected chi connectivity index (χ1v) is 14.9. The Kier molecular flexibility index (Phi) is 9.19. The molecule has 0 saturated carbocycles. The minimum absolute atomic E-state index is 0.0387. The van der Waals surface area contributed by atoms with Crippen LogP contribution in [0.3, 0.4) is 0 Å². The molecule has 1 unspecified atom stereocenters. The van der Waals surface area contributed by atoms with Gasteiger partial charge in [0.25, 0.3) is 0 Å². The van der Waals surface area contributed by atoms with E-state index in [-0.39, 0.29) is 49.1 Å². The Morgan fingerprint density at radius 1 is 1.21 bits per heavy atom. The van der Waals surface area contributed by atoms with Crippen LogP contribution in [0.5, 0.6) is 5.75 Å². The number of carbonyl (C=O) groups excluding carboxylic acids is 2. The lowest BCUT2D eigenvalue weighted by molar-refractivity contribution is -0.132. The number of carbonyl (C=O) groups is 2. The predicted molar refractivity (Wildman–Crippen MR) is 141 cm³/mol. The summed E-state index contributed by atoms with van der Waals surface area (Å²) >= 11 is 0. The zero-order chi connectivity index (χ0) is 28.2. The molecule has 11 nitrogen and oxygen atoms in total. The molecule has 1 aliphatic heterocycles. The van der Waals surface area contributed by atoms with E-state index in [1.165, 1.54) is 24.0 Å². The first kappa shape index (κ1) is 28.9. The van der Waals surface area contributed by atoms with Gasteiger partial charge < -0.3 is 19.1 Å². The highest BCUT2D eigenvalue weighted by atomic mass is 32.2. The summed E-state index contributed by atoms with van der Waals surface area (Å²) < 4.78 is 64.0. The van der Waals surface area contributed by atoms with Crippen molar-refractivity contribution in [3.63, 3.8) is 0 Å². The summed E-state index contributed by atoms with van der Waals surface area (Å²) in [5.74, 6) is -0.302. The molecular formula is C25H29FN3O8PS. The number of fused-ring (bicyclic) bond motifs is 1. The number of ether oxygens (including phenoxy) is 1. The summed E-state index contributed by atoms with van der Waals surface area (Å²) in [4.78, 5) is 35.9. The van der Waals surface area contributed by atoms with Crippen molar-refractivity contribution in [2.24, 2.45) is 0 Å². The number of hydrogen-bond donors (Lipinski definition) is 2. The number of nitrogens with one attached hydrogen (secondary N) is 1. The van der Waals surface area contributed by atoms with Gasteiger partial charge in [-0.15, -0.1) is 0 Å². The number of nitrogens with zero attached hydrogens (tertiary/aromatic N) is 2. The Labute approximate surface area is 225 Å². The normalized spacial score (nSPS) is 18.4. The van der Waals surface area contributed by atoms with Crippen LogP contribution in [-0.4, -0.2) is 66.6 Å². The van der Waals surface area contributed by atoms with Crippen LogP contribution in [0.25, 0.3) is 10.9 Å². The number of benzene rings is 2. The third kappa shape index (κ3) is 7.11. The number of alkyl halides is 1. The molecule has 4 rings (SSSR count). The van der Waals surface area contributed by atoms with E-state index in [1.54, 1.807) is 47.2 Å². The third-order valence-electron chi connectivity index (χ3n) is 6.45. The zero-order valence-electron chi connectivity index (χ0n) is 21.1. The van der Waals surface area contributed by atoms with Gasteiger partial charge >= 0.3 is 8.25 Å². The molecule has 210 valence electrons. The second-order valence-electron chi connectivity index (χ2n) is 9.11. The maximum absolute atomic E-state index is 14.4. The molecule has 1 amide bonds. The van der Waals surface area contributed by atoms with Gasteiger partial charge in [0.2, 0.25) is 15.9 Å². The number of sulfonamides is 1. The van der Waals surface area contributed by atoms with Crippen LogP contribution < -0.4 is 9.46 Å². The summed E-state index contributed by atoms with van der Waals surface area (Å²) in [5.41, 5.74) is 0.914. The van der Waals surface area contributed by atoms with Crippen LogP contribution in [0.1, 0.15) is 30.1 Å². The molecule has 1 aliphatic rings. The van der Waals surface area contributed by atoms with E-state index in [0.29, 0.717) is 22.2 Å². The van der Waals surface area contributed by atoms with E-state index in [0.717, 1.165) is 0 Å². The summed E-state index contributed by atoms with van der Waals surface area (Å²) in [6.45, 7) is 0.724. The number of ketones is 1. The van der Waals surface area contributed by atoms with Crippen LogP contribution >= 0.6 is 8.25 Å². The third-order valence-corrected chi connectivity index (χ3v) is 8.29. The molecule has 1 saturated heterocycles. The van der Waals surface area contributed by atoms with Crippen molar-refractivity contribution < 1.29 is 41.1 Å². The highest BCUT2D eigenvalue weighted by Crippen LogP contribution is 2.29. The lowest BCUT2D eigenvalue weighted by Crippen LogP contribution is -2.40. The predicted octanol–water partition coefficient (Wildman–Crippen LogP) is 2.89. The smallest absolute Gasteiger partial charge is 0.319 e. The largest absolute Gasteiger partial charge is 0.467 e. The fourth-order valence-corrected chi connectivity index (χ4v) is 5.87. The van der Waals surface area contributed by atoms with Gasteiger partial charge in [-0.25, -0.2) is 17.5 Å². The lowest BCUT2D eigenvalue weighted by atomic mass is 10.1. The van der Waals surface area contributed by atoms with Gasteiger partial charge in [-0.2, -0.15) is 0 Å². The van der Waals surface area contributed by atoms with Crippen molar-refractivity contribution in [1.29, 1.82) is 0 Å². The Hall–Kier alpha value is -3.09. The number of Topliss-reactive ketones (excluding diaryl/α,β-unsaturated/α-hetero) is 1. The average molecular weight is 582 g/mol. The maximum atomic E-state index is 14.4. The van der Waals surface area contributed by atoms with Crippen LogP contribution in [0.2, 0.25) is 0 Å². The van der Waals surface area contributed by atoms with Gasteiger partial charge in [0.1, 0.15) is 18.5 Å². The summed E-state index contributed by atoms with van der Waals surface area (Å²) in [6.07, 6.45) is 0.665. The number of aromatic nitrogens is 1. The van der Waals surface area contributed by atoms with Gasteiger partial charge in [-0.1, -0.05) is 18.2 Å². The van der Waals surface area contributed by atoms with Crippen molar-refractivity contribution in [3.8, 4) is 5.75 Å². The molecule has 1 fully saturated rings. The summed E-state index contributed by atoms with van der Waals surface area (Å²) in [6, 6.07) is 12.2. The molecule has 0 radical (unpaired) electrons. The van der Waals surface area contributed by atoms with E-state index < -0.39 is 37.3 Å². The first-order valence-electron chi connectivity index (χ1n) is 12.2. The molecule has 0 spiro atoms. The van der Waals surface area contributed by atoms with E-state index in [1.807, 2.05) is 0 Å². The SMILES string of the molecule is CC(=O)c1cn(CC(=O)N2C[C@H](F)C[C@H]2CCNS(=O)(=O)c2ccccc2)c2ccc(OCO[PH](=O)O)cc12. The van der Waals surface area contributed by atoms with Gasteiger partial charge in [0.05, 0.1) is 11.4 Å². The zero-order valence-corrected chi connectivity index (χ0v) is 22.9. The summed E-state index contributed by atoms with van der Waals surface area (Å²) in [7, 11) is -6.88. The molecule has 39 heavy (non-hydrogen) atoms. The van der Waals surface area contributed by atoms with Crippen LogP contribution in [0.15, 0.2) is 59.6 Å². The van der Waals surface area contributed by atoms with Crippen LogP contribution in [-0.2, 0) is 30.5 Å². The molecule has 0 aliphatic carbocycles. The Bertz CT molecular complexity index is 1480. The molecular weight excluding hydrogens is 552 g/mol. The number of hydrogen-bond acceptors (Lipinski definition) is 7. The fourth-order valence-electron chi connectivity index (χ4n) is 4.64. The number of likely N-dealkylation sites (tertiary alicyclic amines) is 1. The van der Waals surface area contributed by atoms with E-state index in [4.69, 9.17) is 9.63 Å². The fraction of sp³-hybridized carbons (Fsp3) is 0.360. The van der Waals surface area contributed by atoms with Crippen LogP contribution in [0, 0.1) is 0 Å². The number of halogens is 1. The second-order valence-corrected chi connectivity index (χ2v) is 11.7. The average Bonchev–Trinajstić information content (AvgIpc) is 3.44. The molecule has 2 N–H and O–H groups in total. The Morgan fingerprint density at radius 3 is 2.64 bits per heavy atom. The molecule has 1 aromatic heterocycles. The first-order chi connectivity index (χ1) is 18.5. The maximum Gasteiger partial charge on any atom is 0.319 e. The molecule has 0 bridgehead atoms. The van der Waals surface area contributed by atoms with E-state index >= 15 is 0 Å². The summed E-state index contributed by atoms with van der Waals surface area (Å²) in [5, 5.41) is 0.515. The topological polar surface area (TPSA) is 144 Å². The quantitative estimate of drug-likeness (QED) is 0.189.